The summed E-state index contributed by atoms with van der Waals surface area (Å²) in [5.74, 6) is 1.57. The van der Waals surface area contributed by atoms with Crippen LogP contribution >= 0.6 is 0 Å². The van der Waals surface area contributed by atoms with E-state index < -0.39 is 0 Å². The minimum absolute atomic E-state index is 0.251. The quantitative estimate of drug-likeness (QED) is 0.692. The molecule has 1 heterocycles. The molecule has 138 valence electrons. The van der Waals surface area contributed by atoms with E-state index in [1.807, 2.05) is 37.3 Å². The van der Waals surface area contributed by atoms with Crippen LogP contribution in [-0.4, -0.2) is 30.1 Å². The number of benzene rings is 2. The molecule has 2 aromatic carbocycles. The van der Waals surface area contributed by atoms with E-state index in [0.717, 1.165) is 11.4 Å². The second-order valence-electron chi connectivity index (χ2n) is 5.80. The van der Waals surface area contributed by atoms with Crippen LogP contribution in [0.15, 0.2) is 54.9 Å². The van der Waals surface area contributed by atoms with Crippen molar-refractivity contribution in [2.45, 2.75) is 6.92 Å². The Balaban J connectivity index is 1.70. The Morgan fingerprint density at radius 3 is 2.11 bits per heavy atom. The van der Waals surface area contributed by atoms with Crippen molar-refractivity contribution in [2.75, 3.05) is 24.9 Å². The highest BCUT2D eigenvalue weighted by molar-refractivity contribution is 6.04. The molecule has 27 heavy (non-hydrogen) atoms. The molecule has 0 saturated carbocycles. The van der Waals surface area contributed by atoms with Gasteiger partial charge >= 0.3 is 0 Å². The number of hydrogen-bond acceptors (Lipinski definition) is 6. The van der Waals surface area contributed by atoms with Gasteiger partial charge in [-0.1, -0.05) is 0 Å². The molecule has 1 aromatic heterocycles. The van der Waals surface area contributed by atoms with Crippen molar-refractivity contribution in [1.29, 1.82) is 0 Å². The first-order valence-corrected chi connectivity index (χ1v) is 8.27. The van der Waals surface area contributed by atoms with E-state index in [-0.39, 0.29) is 5.91 Å². The maximum atomic E-state index is 12.5. The van der Waals surface area contributed by atoms with Crippen molar-refractivity contribution in [2.24, 2.45) is 0 Å². The summed E-state index contributed by atoms with van der Waals surface area (Å²) in [5.41, 5.74) is 2.86. The van der Waals surface area contributed by atoms with E-state index in [1.54, 1.807) is 32.4 Å². The van der Waals surface area contributed by atoms with E-state index in [9.17, 15) is 4.79 Å². The zero-order valence-corrected chi connectivity index (χ0v) is 15.3. The van der Waals surface area contributed by atoms with E-state index in [4.69, 9.17) is 9.47 Å². The summed E-state index contributed by atoms with van der Waals surface area (Å²) in [4.78, 5) is 20.7. The molecule has 0 bridgehead atoms. The van der Waals surface area contributed by atoms with Crippen molar-refractivity contribution < 1.29 is 14.3 Å². The lowest BCUT2D eigenvalue weighted by atomic mass is 10.1. The fraction of sp³-hybridized carbons (Fsp3) is 0.150. The second kappa shape index (κ2) is 8.18. The first-order valence-electron chi connectivity index (χ1n) is 8.27. The molecule has 0 aliphatic rings. The number of methoxy groups -OCH3 is 2. The minimum Gasteiger partial charge on any atom is -0.497 e. The predicted molar refractivity (Wildman–Crippen MR) is 104 cm³/mol. The Labute approximate surface area is 157 Å². The maximum Gasteiger partial charge on any atom is 0.255 e. The summed E-state index contributed by atoms with van der Waals surface area (Å²) in [6.07, 6.45) is 1.51. The van der Waals surface area contributed by atoms with Crippen LogP contribution < -0.4 is 20.1 Å². The van der Waals surface area contributed by atoms with Gasteiger partial charge in [-0.2, -0.15) is 0 Å². The summed E-state index contributed by atoms with van der Waals surface area (Å²) >= 11 is 0. The van der Waals surface area contributed by atoms with Gasteiger partial charge in [-0.15, -0.1) is 0 Å². The molecular formula is C20H20N4O3. The first kappa shape index (κ1) is 18.2. The molecule has 7 heteroatoms. The van der Waals surface area contributed by atoms with Gasteiger partial charge in [0.25, 0.3) is 5.91 Å². The van der Waals surface area contributed by atoms with Crippen LogP contribution in [0.2, 0.25) is 0 Å². The first-order chi connectivity index (χ1) is 13.1. The van der Waals surface area contributed by atoms with Crippen molar-refractivity contribution in [3.05, 3.63) is 66.1 Å². The number of rotatable bonds is 6. The number of hydrogen-bond donors (Lipinski definition) is 2. The summed E-state index contributed by atoms with van der Waals surface area (Å²) in [6.45, 7) is 1.90. The molecule has 0 aliphatic heterocycles. The highest BCUT2D eigenvalue weighted by Crippen LogP contribution is 2.24. The second-order valence-corrected chi connectivity index (χ2v) is 5.80. The largest absolute Gasteiger partial charge is 0.497 e. The topological polar surface area (TPSA) is 85.4 Å². The van der Waals surface area contributed by atoms with Crippen LogP contribution in [0.25, 0.3) is 0 Å². The van der Waals surface area contributed by atoms with E-state index in [1.165, 1.54) is 6.33 Å². The van der Waals surface area contributed by atoms with Gasteiger partial charge < -0.3 is 20.1 Å². The number of amides is 1. The Kier molecular flexibility index (Phi) is 5.51. The summed E-state index contributed by atoms with van der Waals surface area (Å²) in [7, 11) is 3.09. The molecule has 0 aliphatic carbocycles. The Morgan fingerprint density at radius 2 is 1.52 bits per heavy atom. The average molecular weight is 364 g/mol. The number of carbonyl (C=O) groups is 1. The Bertz CT molecular complexity index is 920. The van der Waals surface area contributed by atoms with Crippen molar-refractivity contribution >= 4 is 23.1 Å². The van der Waals surface area contributed by atoms with Crippen molar-refractivity contribution in [3.63, 3.8) is 0 Å². The van der Waals surface area contributed by atoms with Crippen LogP contribution in [0.4, 0.5) is 17.2 Å². The number of carbonyl (C=O) groups excluding carboxylic acids is 1. The minimum atomic E-state index is -0.251. The van der Waals surface area contributed by atoms with Crippen molar-refractivity contribution in [1.82, 2.24) is 9.97 Å². The van der Waals surface area contributed by atoms with E-state index in [2.05, 4.69) is 20.6 Å². The van der Waals surface area contributed by atoms with Crippen LogP contribution in [0, 0.1) is 6.92 Å². The SMILES string of the molecule is COc1cc(OC)cc(C(=O)Nc2ccc(Nc3cc(C)ncn3)cc2)c1. The van der Waals surface area contributed by atoms with Gasteiger partial charge in [-0.3, -0.25) is 4.79 Å². The summed E-state index contributed by atoms with van der Waals surface area (Å²) in [6, 6.07) is 14.2. The average Bonchev–Trinajstić information content (AvgIpc) is 2.69. The standard InChI is InChI=1S/C20H20N4O3/c1-13-8-19(22-12-21-13)23-15-4-6-16(7-5-15)24-20(25)14-9-17(26-2)11-18(10-14)27-3/h4-12H,1-3H3,(H,24,25)(H,21,22,23). The summed E-state index contributed by atoms with van der Waals surface area (Å²) < 4.78 is 10.4. The van der Waals surface area contributed by atoms with Gasteiger partial charge in [-0.05, 0) is 43.3 Å². The monoisotopic (exact) mass is 364 g/mol. The van der Waals surface area contributed by atoms with Gasteiger partial charge in [0.2, 0.25) is 0 Å². The zero-order valence-electron chi connectivity index (χ0n) is 15.3. The third-order valence-corrected chi connectivity index (χ3v) is 3.83. The lowest BCUT2D eigenvalue weighted by Crippen LogP contribution is -2.12. The predicted octanol–water partition coefficient (Wildman–Crippen LogP) is 3.80. The number of ether oxygens (including phenoxy) is 2. The third kappa shape index (κ3) is 4.72. The number of aromatic nitrogens is 2. The Hall–Kier alpha value is -3.61. The molecule has 0 atom stereocenters. The number of aryl methyl sites for hydroxylation is 1. The van der Waals surface area contributed by atoms with E-state index >= 15 is 0 Å². The van der Waals surface area contributed by atoms with Crippen LogP contribution in [0.3, 0.4) is 0 Å². The lowest BCUT2D eigenvalue weighted by molar-refractivity contribution is 0.102. The zero-order chi connectivity index (χ0) is 19.2. The molecule has 3 aromatic rings. The maximum absolute atomic E-state index is 12.5. The Morgan fingerprint density at radius 1 is 0.889 bits per heavy atom. The highest BCUT2D eigenvalue weighted by atomic mass is 16.5. The van der Waals surface area contributed by atoms with Gasteiger partial charge in [-0.25, -0.2) is 9.97 Å². The molecule has 0 unspecified atom stereocenters. The molecule has 3 rings (SSSR count). The van der Waals surface area contributed by atoms with Crippen molar-refractivity contribution in [3.8, 4) is 11.5 Å². The van der Waals surface area contributed by atoms with Crippen LogP contribution in [0.5, 0.6) is 11.5 Å². The lowest BCUT2D eigenvalue weighted by Gasteiger charge is -2.10. The fourth-order valence-corrected chi connectivity index (χ4v) is 2.45. The molecule has 0 spiro atoms. The fourth-order valence-electron chi connectivity index (χ4n) is 2.45. The van der Waals surface area contributed by atoms with Crippen LogP contribution in [-0.2, 0) is 0 Å². The molecule has 2 N–H and O–H groups in total. The van der Waals surface area contributed by atoms with Gasteiger partial charge in [0.05, 0.1) is 14.2 Å². The third-order valence-electron chi connectivity index (χ3n) is 3.83. The molecule has 1 amide bonds. The highest BCUT2D eigenvalue weighted by Gasteiger charge is 2.10. The number of nitrogens with zero attached hydrogens (tertiary/aromatic N) is 2. The molecule has 0 saturated heterocycles. The molecule has 0 fully saturated rings. The smallest absolute Gasteiger partial charge is 0.255 e. The van der Waals surface area contributed by atoms with Gasteiger partial charge in [0.1, 0.15) is 23.6 Å². The van der Waals surface area contributed by atoms with E-state index in [0.29, 0.717) is 28.6 Å². The summed E-state index contributed by atoms with van der Waals surface area (Å²) in [5, 5.41) is 6.05. The molecule has 0 radical (unpaired) electrons. The normalized spacial score (nSPS) is 10.2. The van der Waals surface area contributed by atoms with Gasteiger partial charge in [0.15, 0.2) is 0 Å². The van der Waals surface area contributed by atoms with Crippen LogP contribution in [0.1, 0.15) is 16.1 Å². The number of anilines is 3. The molecule has 7 nitrogen and oxygen atoms in total. The number of nitrogens with one attached hydrogen (secondary N) is 2. The molecular weight excluding hydrogens is 344 g/mol. The van der Waals surface area contributed by atoms with Gasteiger partial charge in [0, 0.05) is 34.8 Å².